The van der Waals surface area contributed by atoms with Crippen LogP contribution in [0.4, 0.5) is 0 Å². The van der Waals surface area contributed by atoms with E-state index in [1.165, 1.54) is 0 Å². The fraction of sp³-hybridized carbons (Fsp3) is 0. The minimum atomic E-state index is -2.91. The molecule has 0 saturated heterocycles. The van der Waals surface area contributed by atoms with Gasteiger partial charge in [-0.1, -0.05) is 6.07 Å². The Labute approximate surface area is 63.9 Å². The Morgan fingerprint density at radius 1 is 1.55 bits per heavy atom. The first-order valence-electron chi connectivity index (χ1n) is 2.99. The molecule has 1 aliphatic rings. The van der Waals surface area contributed by atoms with Crippen LogP contribution in [0.3, 0.4) is 0 Å². The van der Waals surface area contributed by atoms with Crippen molar-refractivity contribution in [1.29, 1.82) is 0 Å². The third kappa shape index (κ3) is 1.10. The van der Waals surface area contributed by atoms with Gasteiger partial charge in [0.05, 0.1) is 0 Å². The van der Waals surface area contributed by atoms with E-state index in [1.54, 1.807) is 18.2 Å². The number of benzene rings is 1. The molecule has 0 amide bonds. The highest BCUT2D eigenvalue weighted by Gasteiger charge is 2.26. The maximum atomic E-state index is 10.3. The lowest BCUT2D eigenvalue weighted by Crippen LogP contribution is -2.07. The zero-order valence-electron chi connectivity index (χ0n) is 5.40. The van der Waals surface area contributed by atoms with E-state index in [0.717, 1.165) is 0 Å². The fourth-order valence-corrected chi connectivity index (χ4v) is 1.19. The maximum Gasteiger partial charge on any atom is 0.770 e. The van der Waals surface area contributed by atoms with Crippen molar-refractivity contribution in [2.45, 2.75) is 0 Å². The Bertz CT molecular complexity index is 322. The monoisotopic (exact) mass is 168 g/mol. The average Bonchev–Trinajstić information content (AvgIpc) is 2.65. The molecule has 0 fully saturated rings. The molecule has 4 nitrogen and oxygen atoms in total. The predicted octanol–water partition coefficient (Wildman–Crippen LogP) is 0.579. The Kier molecular flexibility index (Phi) is 1.19. The number of rotatable bonds is 2. The number of fused-ring (bicyclic) bond motifs is 1. The van der Waals surface area contributed by atoms with Gasteiger partial charge in [0.25, 0.3) is 0 Å². The van der Waals surface area contributed by atoms with Gasteiger partial charge in [0.2, 0.25) is 5.75 Å². The molecule has 0 radical (unpaired) electrons. The van der Waals surface area contributed by atoms with Gasteiger partial charge in [-0.3, -0.25) is 4.46 Å². The Balaban J connectivity index is 2.28. The van der Waals surface area contributed by atoms with Crippen molar-refractivity contribution in [3.05, 3.63) is 18.2 Å². The van der Waals surface area contributed by atoms with Crippen molar-refractivity contribution in [3.63, 3.8) is 0 Å². The van der Waals surface area contributed by atoms with Gasteiger partial charge in [0.1, 0.15) is 0 Å². The van der Waals surface area contributed by atoms with Crippen LogP contribution in [0, 0.1) is 0 Å². The normalized spacial score (nSPS) is 11.3. The molecule has 0 spiro atoms. The molecular formula is C6H4O4Si. The SMILES string of the molecule is O=[Si](O)Oc1cccc2c1O2. The standard InChI is InChI=1S/C6H4O4Si/c7-11(8)10-5-3-1-2-4-6(5)9-4/h1-3,7H. The average molecular weight is 168 g/mol. The molecule has 11 heavy (non-hydrogen) atoms. The van der Waals surface area contributed by atoms with Crippen LogP contribution in [0.25, 0.3) is 0 Å². The molecule has 1 N–H and O–H groups in total. The first kappa shape index (κ1) is 6.35. The lowest BCUT2D eigenvalue weighted by atomic mass is 10.3. The Hall–Kier alpha value is -1.36. The molecule has 1 aromatic carbocycles. The zero-order valence-corrected chi connectivity index (χ0v) is 6.40. The summed E-state index contributed by atoms with van der Waals surface area (Å²) in [6.07, 6.45) is 0. The number of hydrogen-bond donors (Lipinski definition) is 1. The predicted molar refractivity (Wildman–Crippen MR) is 35.8 cm³/mol. The first-order valence-corrected chi connectivity index (χ1v) is 4.25. The quantitative estimate of drug-likeness (QED) is 0.526. The van der Waals surface area contributed by atoms with Gasteiger partial charge >= 0.3 is 9.17 Å². The molecular weight excluding hydrogens is 164 g/mol. The van der Waals surface area contributed by atoms with Crippen molar-refractivity contribution in [1.82, 2.24) is 0 Å². The van der Waals surface area contributed by atoms with E-state index >= 15 is 0 Å². The second-order valence-electron chi connectivity index (χ2n) is 2.05. The highest BCUT2D eigenvalue weighted by molar-refractivity contribution is 6.25. The summed E-state index contributed by atoms with van der Waals surface area (Å²) in [6, 6.07) is 5.05. The van der Waals surface area contributed by atoms with E-state index in [4.69, 9.17) is 9.53 Å². The topological polar surface area (TPSA) is 59.1 Å². The molecule has 0 saturated carbocycles. The highest BCUT2D eigenvalue weighted by atomic mass is 28.3. The highest BCUT2D eigenvalue weighted by Crippen LogP contribution is 2.51. The summed E-state index contributed by atoms with van der Waals surface area (Å²) in [5.41, 5.74) is 0. The fourth-order valence-electron chi connectivity index (χ4n) is 0.839. The first-order chi connectivity index (χ1) is 5.27. The summed E-state index contributed by atoms with van der Waals surface area (Å²) < 4.78 is 19.7. The molecule has 5 heteroatoms. The molecule has 0 aromatic heterocycles. The van der Waals surface area contributed by atoms with Gasteiger partial charge in [0.15, 0.2) is 11.5 Å². The van der Waals surface area contributed by atoms with Crippen LogP contribution in [0.2, 0.25) is 0 Å². The van der Waals surface area contributed by atoms with E-state index in [0.29, 0.717) is 17.2 Å². The Morgan fingerprint density at radius 3 is 3.09 bits per heavy atom. The summed E-state index contributed by atoms with van der Waals surface area (Å²) in [5.74, 6) is 1.62. The van der Waals surface area contributed by atoms with Crippen LogP contribution >= 0.6 is 0 Å². The van der Waals surface area contributed by atoms with Crippen LogP contribution in [0.15, 0.2) is 18.2 Å². The molecule has 1 aromatic rings. The van der Waals surface area contributed by atoms with Gasteiger partial charge in [-0.2, -0.15) is 0 Å². The summed E-state index contributed by atoms with van der Waals surface area (Å²) in [5, 5.41) is 0. The van der Waals surface area contributed by atoms with Crippen LogP contribution in [0.1, 0.15) is 0 Å². The lowest BCUT2D eigenvalue weighted by Gasteiger charge is -1.92. The summed E-state index contributed by atoms with van der Waals surface area (Å²) in [4.78, 5) is 8.42. The van der Waals surface area contributed by atoms with Crippen LogP contribution < -0.4 is 9.16 Å². The minimum Gasteiger partial charge on any atom is -0.511 e. The molecule has 1 heterocycles. The Morgan fingerprint density at radius 2 is 2.36 bits per heavy atom. The van der Waals surface area contributed by atoms with E-state index < -0.39 is 9.17 Å². The molecule has 0 aliphatic carbocycles. The summed E-state index contributed by atoms with van der Waals surface area (Å²) >= 11 is 0. The third-order valence-corrected chi connectivity index (χ3v) is 1.70. The van der Waals surface area contributed by atoms with Crippen molar-refractivity contribution in [2.75, 3.05) is 0 Å². The van der Waals surface area contributed by atoms with E-state index in [2.05, 4.69) is 4.43 Å². The number of ether oxygens (including phenoxy) is 1. The van der Waals surface area contributed by atoms with Crippen LogP contribution in [0.5, 0.6) is 17.2 Å². The second-order valence-corrected chi connectivity index (χ2v) is 2.79. The van der Waals surface area contributed by atoms with Crippen molar-refractivity contribution < 1.29 is 18.4 Å². The van der Waals surface area contributed by atoms with Gasteiger partial charge in [0, 0.05) is 0 Å². The third-order valence-electron chi connectivity index (χ3n) is 1.31. The van der Waals surface area contributed by atoms with Crippen LogP contribution in [-0.2, 0) is 4.46 Å². The van der Waals surface area contributed by atoms with Crippen LogP contribution in [-0.4, -0.2) is 14.0 Å². The molecule has 2 rings (SSSR count). The van der Waals surface area contributed by atoms with Gasteiger partial charge in [-0.25, -0.2) is 0 Å². The largest absolute Gasteiger partial charge is 0.770 e. The summed E-state index contributed by atoms with van der Waals surface area (Å²) in [6.45, 7) is 0. The van der Waals surface area contributed by atoms with E-state index in [9.17, 15) is 4.46 Å². The molecule has 56 valence electrons. The smallest absolute Gasteiger partial charge is 0.511 e. The van der Waals surface area contributed by atoms with E-state index in [-0.39, 0.29) is 0 Å². The molecule has 0 atom stereocenters. The number of para-hydroxylation sites is 1. The van der Waals surface area contributed by atoms with Gasteiger partial charge < -0.3 is 14.0 Å². The van der Waals surface area contributed by atoms with Crippen molar-refractivity contribution in [3.8, 4) is 17.2 Å². The summed E-state index contributed by atoms with van der Waals surface area (Å²) in [7, 11) is -2.91. The number of hydrogen-bond acceptors (Lipinski definition) is 3. The van der Waals surface area contributed by atoms with Gasteiger partial charge in [-0.15, -0.1) is 0 Å². The van der Waals surface area contributed by atoms with Gasteiger partial charge in [-0.05, 0) is 12.1 Å². The zero-order chi connectivity index (χ0) is 7.84. The minimum absolute atomic E-state index is 0.342. The lowest BCUT2D eigenvalue weighted by molar-refractivity contribution is 0.336. The van der Waals surface area contributed by atoms with Crippen molar-refractivity contribution in [2.24, 2.45) is 0 Å². The molecule has 0 unspecified atom stereocenters. The maximum absolute atomic E-state index is 10.3. The molecule has 0 bridgehead atoms. The van der Waals surface area contributed by atoms with E-state index in [1.807, 2.05) is 0 Å². The van der Waals surface area contributed by atoms with Crippen molar-refractivity contribution >= 4 is 9.17 Å². The second kappa shape index (κ2) is 2.06. The molecule has 1 aliphatic heterocycles.